The Bertz CT molecular complexity index is 1900. The zero-order valence-corrected chi connectivity index (χ0v) is 27.4. The Morgan fingerprint density at radius 2 is 1.45 bits per heavy atom. The first-order chi connectivity index (χ1) is 22.8. The first-order valence-electron chi connectivity index (χ1n) is 14.4. The summed E-state index contributed by atoms with van der Waals surface area (Å²) < 4.78 is 5.24. The van der Waals surface area contributed by atoms with Crippen LogP contribution in [0.5, 0.6) is 5.75 Å². The minimum absolute atomic E-state index is 0.0435. The first-order valence-corrected chi connectivity index (χ1v) is 16.0. The molecule has 10 heteroatoms. The molecule has 5 rings (SSSR count). The summed E-state index contributed by atoms with van der Waals surface area (Å²) in [7, 11) is 1.57. The van der Waals surface area contributed by atoms with Crippen LogP contribution in [-0.2, 0) is 9.59 Å². The molecule has 0 aliphatic carbocycles. The van der Waals surface area contributed by atoms with Crippen LogP contribution in [0.2, 0.25) is 10.0 Å². The third-order valence-corrected chi connectivity index (χ3v) is 8.92. The summed E-state index contributed by atoms with van der Waals surface area (Å²) >= 11 is 13.8. The van der Waals surface area contributed by atoms with E-state index in [9.17, 15) is 14.4 Å². The molecule has 1 unspecified atom stereocenters. The van der Waals surface area contributed by atoms with Crippen LogP contribution in [-0.4, -0.2) is 24.8 Å². The second-order valence-electron chi connectivity index (χ2n) is 10.1. The van der Waals surface area contributed by atoms with Crippen molar-refractivity contribution < 1.29 is 19.1 Å². The molecule has 1 atom stereocenters. The van der Waals surface area contributed by atoms with Crippen LogP contribution in [0.4, 0.5) is 11.4 Å². The SMILES string of the molecule is COc1ccc(/C=C(/NC(=O)c2ccccc2)C(=O)Nc2cccc(SC(C(=O)Nc3cccc(Cl)c3Cl)c3ccccc3)c2)cc1. The van der Waals surface area contributed by atoms with E-state index in [1.54, 1.807) is 104 Å². The Hall–Kier alpha value is -5.02. The second-order valence-corrected chi connectivity index (χ2v) is 12.1. The Morgan fingerprint density at radius 1 is 0.766 bits per heavy atom. The number of hydrogen-bond acceptors (Lipinski definition) is 5. The number of methoxy groups -OCH3 is 1. The Balaban J connectivity index is 1.38. The van der Waals surface area contributed by atoms with E-state index in [0.29, 0.717) is 33.3 Å². The first kappa shape index (κ1) is 33.3. The smallest absolute Gasteiger partial charge is 0.272 e. The number of carbonyl (C=O) groups excluding carboxylic acids is 3. The maximum Gasteiger partial charge on any atom is 0.272 e. The normalized spacial score (nSPS) is 11.7. The molecular weight excluding hydrogens is 653 g/mol. The molecule has 236 valence electrons. The van der Waals surface area contributed by atoms with Crippen LogP contribution >= 0.6 is 35.0 Å². The number of rotatable bonds is 11. The van der Waals surface area contributed by atoms with E-state index in [1.807, 2.05) is 36.4 Å². The highest BCUT2D eigenvalue weighted by Crippen LogP contribution is 2.38. The molecule has 5 aromatic carbocycles. The van der Waals surface area contributed by atoms with Gasteiger partial charge in [0.25, 0.3) is 11.8 Å². The molecule has 0 fully saturated rings. The van der Waals surface area contributed by atoms with Crippen molar-refractivity contribution in [2.24, 2.45) is 0 Å². The highest BCUT2D eigenvalue weighted by molar-refractivity contribution is 8.00. The third-order valence-electron chi connectivity index (χ3n) is 6.85. The second kappa shape index (κ2) is 16.0. The lowest BCUT2D eigenvalue weighted by Crippen LogP contribution is -2.30. The van der Waals surface area contributed by atoms with Crippen LogP contribution in [0, 0.1) is 0 Å². The predicted molar refractivity (Wildman–Crippen MR) is 190 cm³/mol. The van der Waals surface area contributed by atoms with Crippen LogP contribution in [0.25, 0.3) is 6.08 Å². The zero-order chi connectivity index (χ0) is 33.2. The minimum Gasteiger partial charge on any atom is -0.497 e. The maximum absolute atomic E-state index is 13.6. The van der Waals surface area contributed by atoms with Gasteiger partial charge in [-0.15, -0.1) is 11.8 Å². The Morgan fingerprint density at radius 3 is 2.15 bits per heavy atom. The number of anilines is 2. The Kier molecular flexibility index (Phi) is 11.4. The summed E-state index contributed by atoms with van der Waals surface area (Å²) in [6.07, 6.45) is 1.59. The van der Waals surface area contributed by atoms with Gasteiger partial charge in [0.2, 0.25) is 5.91 Å². The van der Waals surface area contributed by atoms with E-state index < -0.39 is 17.1 Å². The highest BCUT2D eigenvalue weighted by atomic mass is 35.5. The van der Waals surface area contributed by atoms with Gasteiger partial charge in [0, 0.05) is 16.1 Å². The fourth-order valence-electron chi connectivity index (χ4n) is 4.49. The number of nitrogens with one attached hydrogen (secondary N) is 3. The molecule has 5 aromatic rings. The lowest BCUT2D eigenvalue weighted by Gasteiger charge is -2.18. The molecule has 0 heterocycles. The van der Waals surface area contributed by atoms with E-state index in [1.165, 1.54) is 11.8 Å². The van der Waals surface area contributed by atoms with Gasteiger partial charge in [-0.25, -0.2) is 0 Å². The minimum atomic E-state index is -0.659. The number of halogens is 2. The maximum atomic E-state index is 13.6. The summed E-state index contributed by atoms with van der Waals surface area (Å²) in [5, 5.41) is 8.45. The fraction of sp³-hybridized carbons (Fsp3) is 0.0541. The molecule has 0 bridgehead atoms. The van der Waals surface area contributed by atoms with Gasteiger partial charge in [-0.3, -0.25) is 14.4 Å². The Labute approximate surface area is 287 Å². The van der Waals surface area contributed by atoms with Crippen molar-refractivity contribution >= 4 is 70.1 Å². The number of ether oxygens (including phenoxy) is 1. The van der Waals surface area contributed by atoms with E-state index >= 15 is 0 Å². The van der Waals surface area contributed by atoms with E-state index in [0.717, 1.165) is 10.5 Å². The number of carbonyl (C=O) groups is 3. The van der Waals surface area contributed by atoms with Gasteiger partial charge in [-0.2, -0.15) is 0 Å². The average Bonchev–Trinajstić information content (AvgIpc) is 3.10. The molecular formula is C37H29Cl2N3O4S. The van der Waals surface area contributed by atoms with Crippen LogP contribution in [0.1, 0.15) is 26.7 Å². The van der Waals surface area contributed by atoms with Gasteiger partial charge in [-0.05, 0) is 71.8 Å². The molecule has 0 saturated heterocycles. The standard InChI is InChI=1S/C37H29Cl2N3O4S/c1-46-28-20-18-24(19-21-28)22-32(42-35(43)26-12-6-3-7-13-26)36(44)40-27-14-8-15-29(23-27)47-34(25-10-4-2-5-11-25)37(45)41-31-17-9-16-30(38)33(31)39/h2-23,34H,1H3,(H,40,44)(H,41,45)(H,42,43)/b32-22+. The van der Waals surface area contributed by atoms with Crippen molar-refractivity contribution in [2.75, 3.05) is 17.7 Å². The fourth-order valence-corrected chi connectivity index (χ4v) is 5.92. The average molecular weight is 683 g/mol. The largest absolute Gasteiger partial charge is 0.497 e. The molecule has 0 spiro atoms. The molecule has 0 aliphatic heterocycles. The molecule has 0 saturated carbocycles. The quantitative estimate of drug-likeness (QED) is 0.0956. The third kappa shape index (κ3) is 9.04. The van der Waals surface area contributed by atoms with Gasteiger partial charge in [0.1, 0.15) is 16.7 Å². The summed E-state index contributed by atoms with van der Waals surface area (Å²) in [6, 6.07) is 37.2. The van der Waals surface area contributed by atoms with Gasteiger partial charge >= 0.3 is 0 Å². The number of amides is 3. The van der Waals surface area contributed by atoms with Crippen molar-refractivity contribution in [2.45, 2.75) is 10.1 Å². The molecule has 47 heavy (non-hydrogen) atoms. The summed E-state index contributed by atoms with van der Waals surface area (Å²) in [5.74, 6) is -0.594. The van der Waals surface area contributed by atoms with Crippen LogP contribution in [0.15, 0.2) is 138 Å². The molecule has 3 N–H and O–H groups in total. The molecule has 3 amide bonds. The number of benzene rings is 5. The van der Waals surface area contributed by atoms with Gasteiger partial charge in [0.05, 0.1) is 22.8 Å². The predicted octanol–water partition coefficient (Wildman–Crippen LogP) is 8.88. The van der Waals surface area contributed by atoms with E-state index in [2.05, 4.69) is 16.0 Å². The lowest BCUT2D eigenvalue weighted by molar-refractivity contribution is -0.116. The summed E-state index contributed by atoms with van der Waals surface area (Å²) in [5.41, 5.74) is 2.78. The lowest BCUT2D eigenvalue weighted by atomic mass is 10.1. The van der Waals surface area contributed by atoms with Crippen molar-refractivity contribution in [3.05, 3.63) is 160 Å². The molecule has 7 nitrogen and oxygen atoms in total. The molecule has 0 aromatic heterocycles. The van der Waals surface area contributed by atoms with Gasteiger partial charge in [0.15, 0.2) is 0 Å². The topological polar surface area (TPSA) is 96.5 Å². The number of hydrogen-bond donors (Lipinski definition) is 3. The van der Waals surface area contributed by atoms with Crippen molar-refractivity contribution in [1.29, 1.82) is 0 Å². The van der Waals surface area contributed by atoms with Crippen LogP contribution < -0.4 is 20.7 Å². The summed E-state index contributed by atoms with van der Waals surface area (Å²) in [6.45, 7) is 0. The van der Waals surface area contributed by atoms with Crippen molar-refractivity contribution in [1.82, 2.24) is 5.32 Å². The van der Waals surface area contributed by atoms with Crippen LogP contribution in [0.3, 0.4) is 0 Å². The number of thioether (sulfide) groups is 1. The highest BCUT2D eigenvalue weighted by Gasteiger charge is 2.24. The van der Waals surface area contributed by atoms with Crippen molar-refractivity contribution in [3.8, 4) is 5.75 Å². The van der Waals surface area contributed by atoms with Gasteiger partial charge < -0.3 is 20.7 Å². The summed E-state index contributed by atoms with van der Waals surface area (Å²) in [4.78, 5) is 41.0. The zero-order valence-electron chi connectivity index (χ0n) is 25.1. The molecule has 0 radical (unpaired) electrons. The van der Waals surface area contributed by atoms with Gasteiger partial charge in [-0.1, -0.05) is 96.0 Å². The monoisotopic (exact) mass is 681 g/mol. The van der Waals surface area contributed by atoms with Crippen molar-refractivity contribution in [3.63, 3.8) is 0 Å². The molecule has 0 aliphatic rings. The van der Waals surface area contributed by atoms with E-state index in [-0.39, 0.29) is 16.6 Å². The van der Waals surface area contributed by atoms with E-state index in [4.69, 9.17) is 27.9 Å².